The van der Waals surface area contributed by atoms with Crippen LogP contribution in [0.5, 0.6) is 0 Å². The maximum absolute atomic E-state index is 11.5. The van der Waals surface area contributed by atoms with Gasteiger partial charge in [0.25, 0.3) is 0 Å². The molecule has 96 valence electrons. The molecule has 0 aromatic heterocycles. The molecule has 5 nitrogen and oxygen atoms in total. The summed E-state index contributed by atoms with van der Waals surface area (Å²) in [6.07, 6.45) is -0.214. The maximum atomic E-state index is 11.5. The molecule has 0 aliphatic carbocycles. The first-order valence-electron chi connectivity index (χ1n) is 5.42. The van der Waals surface area contributed by atoms with E-state index in [1.807, 2.05) is 6.92 Å². The van der Waals surface area contributed by atoms with Crippen LogP contribution in [-0.2, 0) is 14.3 Å². The van der Waals surface area contributed by atoms with Crippen molar-refractivity contribution < 1.29 is 19.1 Å². The van der Waals surface area contributed by atoms with Crippen molar-refractivity contribution in [3.05, 3.63) is 29.3 Å². The Labute approximate surface area is 105 Å². The summed E-state index contributed by atoms with van der Waals surface area (Å²) in [4.78, 5) is 33.9. The van der Waals surface area contributed by atoms with E-state index in [2.05, 4.69) is 10.1 Å². The normalized spacial score (nSPS) is 9.72. The number of rotatable bonds is 4. The Morgan fingerprint density at radius 1 is 1.28 bits per heavy atom. The second-order valence-electron chi connectivity index (χ2n) is 3.97. The van der Waals surface area contributed by atoms with Gasteiger partial charge >= 0.3 is 5.97 Å². The van der Waals surface area contributed by atoms with Crippen LogP contribution in [0.15, 0.2) is 18.2 Å². The molecule has 0 saturated heterocycles. The molecule has 1 aromatic rings. The summed E-state index contributed by atoms with van der Waals surface area (Å²) in [6, 6.07) is 4.99. The fourth-order valence-electron chi connectivity index (χ4n) is 1.47. The Bertz CT molecular complexity index is 494. The number of carbonyl (C=O) groups excluding carboxylic acids is 3. The quantitative estimate of drug-likeness (QED) is 0.651. The molecule has 0 saturated carbocycles. The molecule has 18 heavy (non-hydrogen) atoms. The van der Waals surface area contributed by atoms with Gasteiger partial charge in [-0.05, 0) is 26.0 Å². The fraction of sp³-hybridized carbons (Fsp3) is 0.308. The largest absolute Gasteiger partial charge is 0.465 e. The first-order valence-corrected chi connectivity index (χ1v) is 5.42. The van der Waals surface area contributed by atoms with Gasteiger partial charge in [-0.3, -0.25) is 9.59 Å². The van der Waals surface area contributed by atoms with Gasteiger partial charge in [-0.1, -0.05) is 11.6 Å². The third-order valence-corrected chi connectivity index (χ3v) is 2.26. The minimum Gasteiger partial charge on any atom is -0.465 e. The molecular weight excluding hydrogens is 234 g/mol. The Kier molecular flexibility index (Phi) is 4.59. The number of hydrogen-bond acceptors (Lipinski definition) is 4. The van der Waals surface area contributed by atoms with E-state index in [9.17, 15) is 14.4 Å². The molecule has 0 unspecified atom stereocenters. The highest BCUT2D eigenvalue weighted by Crippen LogP contribution is 2.18. The predicted molar refractivity (Wildman–Crippen MR) is 66.4 cm³/mol. The minimum absolute atomic E-state index is 0.214. The van der Waals surface area contributed by atoms with Crippen molar-refractivity contribution in [1.82, 2.24) is 0 Å². The summed E-state index contributed by atoms with van der Waals surface area (Å²) >= 11 is 0. The molecule has 0 radical (unpaired) electrons. The number of methoxy groups -OCH3 is 1. The van der Waals surface area contributed by atoms with Gasteiger partial charge in [-0.25, -0.2) is 4.79 Å². The van der Waals surface area contributed by atoms with Crippen LogP contribution in [0.4, 0.5) is 5.69 Å². The molecule has 1 N–H and O–H groups in total. The monoisotopic (exact) mass is 249 g/mol. The molecule has 0 aliphatic heterocycles. The van der Waals surface area contributed by atoms with E-state index in [1.165, 1.54) is 14.0 Å². The summed E-state index contributed by atoms with van der Waals surface area (Å²) in [7, 11) is 1.27. The van der Waals surface area contributed by atoms with E-state index in [-0.39, 0.29) is 17.8 Å². The average molecular weight is 249 g/mol. The van der Waals surface area contributed by atoms with Crippen molar-refractivity contribution in [1.29, 1.82) is 0 Å². The van der Waals surface area contributed by atoms with Crippen LogP contribution in [0.3, 0.4) is 0 Å². The van der Waals surface area contributed by atoms with Gasteiger partial charge in [-0.15, -0.1) is 0 Å². The van der Waals surface area contributed by atoms with Crippen molar-refractivity contribution in [3.63, 3.8) is 0 Å². The molecule has 0 heterocycles. The van der Waals surface area contributed by atoms with Gasteiger partial charge < -0.3 is 10.1 Å². The summed E-state index contributed by atoms with van der Waals surface area (Å²) in [5.41, 5.74) is 1.49. The van der Waals surface area contributed by atoms with Crippen molar-refractivity contribution in [3.8, 4) is 0 Å². The molecule has 0 spiro atoms. The van der Waals surface area contributed by atoms with E-state index < -0.39 is 11.9 Å². The van der Waals surface area contributed by atoms with Crippen LogP contribution in [0.25, 0.3) is 0 Å². The fourth-order valence-corrected chi connectivity index (χ4v) is 1.47. The van der Waals surface area contributed by atoms with E-state index in [1.54, 1.807) is 18.2 Å². The molecular formula is C13H15NO4. The number of ketones is 1. The maximum Gasteiger partial charge on any atom is 0.339 e. The van der Waals surface area contributed by atoms with Crippen LogP contribution in [0.2, 0.25) is 0 Å². The number of esters is 1. The molecule has 5 heteroatoms. The number of hydrogen-bond donors (Lipinski definition) is 1. The van der Waals surface area contributed by atoms with Gasteiger partial charge in [0.1, 0.15) is 5.78 Å². The highest BCUT2D eigenvalue weighted by Gasteiger charge is 2.14. The zero-order chi connectivity index (χ0) is 13.7. The third kappa shape index (κ3) is 3.69. The van der Waals surface area contributed by atoms with Crippen molar-refractivity contribution >= 4 is 23.3 Å². The zero-order valence-electron chi connectivity index (χ0n) is 10.6. The molecule has 1 aromatic carbocycles. The lowest BCUT2D eigenvalue weighted by Crippen LogP contribution is -2.17. The molecule has 0 fully saturated rings. The lowest BCUT2D eigenvalue weighted by Gasteiger charge is -2.10. The lowest BCUT2D eigenvalue weighted by atomic mass is 10.1. The van der Waals surface area contributed by atoms with Gasteiger partial charge in [0, 0.05) is 0 Å². The average Bonchev–Trinajstić information content (AvgIpc) is 2.29. The van der Waals surface area contributed by atoms with Crippen molar-refractivity contribution in [2.45, 2.75) is 20.3 Å². The Morgan fingerprint density at radius 3 is 2.50 bits per heavy atom. The summed E-state index contributed by atoms with van der Waals surface area (Å²) in [6.45, 7) is 3.16. The van der Waals surface area contributed by atoms with Crippen molar-refractivity contribution in [2.75, 3.05) is 12.4 Å². The van der Waals surface area contributed by atoms with Crippen LogP contribution in [0.1, 0.15) is 29.3 Å². The second kappa shape index (κ2) is 5.95. The first-order chi connectivity index (χ1) is 8.43. The van der Waals surface area contributed by atoms with E-state index in [4.69, 9.17) is 0 Å². The number of anilines is 1. The standard InChI is InChI=1S/C13H15NO4/c1-8-4-5-11(10(6-8)13(17)18-3)14-12(16)7-9(2)15/h4-6H,7H2,1-3H3,(H,14,16). The molecule has 0 aliphatic rings. The van der Waals surface area contributed by atoms with E-state index in [0.29, 0.717) is 5.69 Å². The number of amides is 1. The van der Waals surface area contributed by atoms with Gasteiger partial charge in [0.05, 0.1) is 24.8 Å². The number of ether oxygens (including phenoxy) is 1. The Hall–Kier alpha value is -2.17. The number of nitrogens with one attached hydrogen (secondary N) is 1. The first kappa shape index (κ1) is 13.9. The van der Waals surface area contributed by atoms with Crippen LogP contribution >= 0.6 is 0 Å². The number of Topliss-reactive ketones (excluding diaryl/α,β-unsaturated/α-hetero) is 1. The highest BCUT2D eigenvalue weighted by molar-refractivity contribution is 6.06. The summed E-state index contributed by atoms with van der Waals surface area (Å²) < 4.78 is 4.64. The number of aryl methyl sites for hydroxylation is 1. The Balaban J connectivity index is 2.98. The second-order valence-corrected chi connectivity index (χ2v) is 3.97. The smallest absolute Gasteiger partial charge is 0.339 e. The number of benzene rings is 1. The Morgan fingerprint density at radius 2 is 1.94 bits per heavy atom. The third-order valence-electron chi connectivity index (χ3n) is 2.26. The van der Waals surface area contributed by atoms with E-state index in [0.717, 1.165) is 5.56 Å². The summed E-state index contributed by atoms with van der Waals surface area (Å²) in [5, 5.41) is 2.52. The molecule has 0 bridgehead atoms. The summed E-state index contributed by atoms with van der Waals surface area (Å²) in [5.74, 6) is -1.22. The van der Waals surface area contributed by atoms with Crippen LogP contribution in [-0.4, -0.2) is 24.8 Å². The topological polar surface area (TPSA) is 72.5 Å². The van der Waals surface area contributed by atoms with Gasteiger partial charge in [0.2, 0.25) is 5.91 Å². The van der Waals surface area contributed by atoms with Crippen molar-refractivity contribution in [2.24, 2.45) is 0 Å². The van der Waals surface area contributed by atoms with E-state index >= 15 is 0 Å². The minimum atomic E-state index is -0.531. The number of carbonyl (C=O) groups is 3. The SMILES string of the molecule is COC(=O)c1cc(C)ccc1NC(=O)CC(C)=O. The zero-order valence-corrected chi connectivity index (χ0v) is 10.6. The van der Waals surface area contributed by atoms with Gasteiger partial charge in [-0.2, -0.15) is 0 Å². The predicted octanol–water partition coefficient (Wildman–Crippen LogP) is 1.70. The van der Waals surface area contributed by atoms with Gasteiger partial charge in [0.15, 0.2) is 0 Å². The lowest BCUT2D eigenvalue weighted by molar-refractivity contribution is -0.124. The molecule has 0 atom stereocenters. The molecule has 1 rings (SSSR count). The highest BCUT2D eigenvalue weighted by atomic mass is 16.5. The molecule has 1 amide bonds. The van der Waals surface area contributed by atoms with Crippen LogP contribution in [0, 0.1) is 6.92 Å². The van der Waals surface area contributed by atoms with Crippen LogP contribution < -0.4 is 5.32 Å².